The molecule has 0 amide bonds. The molecule has 0 aliphatic rings. The van der Waals surface area contributed by atoms with Crippen molar-refractivity contribution in [2.24, 2.45) is 0 Å². The Hall–Kier alpha value is -1.55. The molecular weight excluding hydrogens is 216 g/mol. The van der Waals surface area contributed by atoms with E-state index in [-0.39, 0.29) is 6.61 Å². The molecule has 0 unspecified atom stereocenters. The fourth-order valence-corrected chi connectivity index (χ4v) is 1.41. The Labute approximate surface area is 102 Å². The minimum atomic E-state index is 0.127. The first-order chi connectivity index (χ1) is 8.22. The molecule has 0 aliphatic carbocycles. The van der Waals surface area contributed by atoms with Crippen LogP contribution in [-0.2, 0) is 0 Å². The summed E-state index contributed by atoms with van der Waals surface area (Å²) in [6.07, 6.45) is 7.57. The molecular formula is C13H20N2O2. The third-order valence-electron chi connectivity index (χ3n) is 2.46. The maximum Gasteiger partial charge on any atom is 0.169 e. The van der Waals surface area contributed by atoms with Crippen molar-refractivity contribution in [1.29, 1.82) is 0 Å². The van der Waals surface area contributed by atoms with Crippen LogP contribution in [0.15, 0.2) is 40.2 Å². The molecule has 1 aromatic rings. The van der Waals surface area contributed by atoms with E-state index >= 15 is 0 Å². The van der Waals surface area contributed by atoms with Gasteiger partial charge >= 0.3 is 0 Å². The smallest absolute Gasteiger partial charge is 0.169 e. The molecule has 2 N–H and O–H groups in total. The Bertz CT molecular complexity index is 367. The number of anilines is 1. The van der Waals surface area contributed by atoms with Gasteiger partial charge in [-0.25, -0.2) is 0 Å². The first-order valence-corrected chi connectivity index (χ1v) is 5.78. The van der Waals surface area contributed by atoms with E-state index in [9.17, 15) is 0 Å². The normalized spacial score (nSPS) is 12.9. The van der Waals surface area contributed by atoms with Crippen LogP contribution in [0.1, 0.15) is 26.7 Å². The minimum Gasteiger partial charge on any atom is -0.392 e. The van der Waals surface area contributed by atoms with Crippen molar-refractivity contribution in [3.63, 3.8) is 0 Å². The molecule has 1 aromatic heterocycles. The summed E-state index contributed by atoms with van der Waals surface area (Å²) < 4.78 is 4.72. The first-order valence-electron chi connectivity index (χ1n) is 5.78. The van der Waals surface area contributed by atoms with Gasteiger partial charge in [-0.2, -0.15) is 0 Å². The molecule has 0 aliphatic heterocycles. The lowest BCUT2D eigenvalue weighted by atomic mass is 10.1. The summed E-state index contributed by atoms with van der Waals surface area (Å²) in [5.41, 5.74) is 2.49. The fourth-order valence-electron chi connectivity index (χ4n) is 1.41. The van der Waals surface area contributed by atoms with E-state index in [0.29, 0.717) is 0 Å². The van der Waals surface area contributed by atoms with Crippen LogP contribution in [0.4, 0.5) is 5.82 Å². The molecule has 0 saturated heterocycles. The van der Waals surface area contributed by atoms with Crippen molar-refractivity contribution < 1.29 is 9.63 Å². The number of rotatable bonds is 7. The number of hydrogen-bond donors (Lipinski definition) is 2. The van der Waals surface area contributed by atoms with Gasteiger partial charge in [0.25, 0.3) is 0 Å². The Morgan fingerprint density at radius 2 is 2.24 bits per heavy atom. The van der Waals surface area contributed by atoms with Gasteiger partial charge < -0.3 is 14.9 Å². The summed E-state index contributed by atoms with van der Waals surface area (Å²) >= 11 is 0. The van der Waals surface area contributed by atoms with Gasteiger partial charge in [0.2, 0.25) is 0 Å². The van der Waals surface area contributed by atoms with Crippen molar-refractivity contribution in [2.45, 2.75) is 26.7 Å². The van der Waals surface area contributed by atoms with Crippen LogP contribution in [0.3, 0.4) is 0 Å². The highest BCUT2D eigenvalue weighted by molar-refractivity contribution is 5.32. The van der Waals surface area contributed by atoms with Crippen molar-refractivity contribution >= 4 is 5.82 Å². The van der Waals surface area contributed by atoms with Gasteiger partial charge in [-0.05, 0) is 26.7 Å². The minimum absolute atomic E-state index is 0.127. The van der Waals surface area contributed by atoms with Gasteiger partial charge in [0.1, 0.15) is 6.26 Å². The van der Waals surface area contributed by atoms with Crippen molar-refractivity contribution in [1.82, 2.24) is 5.16 Å². The van der Waals surface area contributed by atoms with Gasteiger partial charge in [0.05, 0.1) is 6.61 Å². The highest BCUT2D eigenvalue weighted by atomic mass is 16.5. The van der Waals surface area contributed by atoms with Crippen molar-refractivity contribution in [2.75, 3.05) is 18.5 Å². The molecule has 94 valence electrons. The van der Waals surface area contributed by atoms with Gasteiger partial charge in [-0.3, -0.25) is 0 Å². The standard InChI is InChI=1S/C13H20N2O2/c1-11(6-8-16)4-3-5-12(2)10-14-13-7-9-17-15-13/h5-7,9,16H,3-4,8,10H2,1-2H3,(H,14,15). The average Bonchev–Trinajstić information content (AvgIpc) is 2.79. The Kier molecular flexibility index (Phi) is 6.10. The number of allylic oxidation sites excluding steroid dienone is 2. The van der Waals surface area contributed by atoms with E-state index in [4.69, 9.17) is 9.63 Å². The summed E-state index contributed by atoms with van der Waals surface area (Å²) in [4.78, 5) is 0. The zero-order valence-electron chi connectivity index (χ0n) is 10.4. The second-order valence-corrected chi connectivity index (χ2v) is 4.06. The van der Waals surface area contributed by atoms with Crippen LogP contribution in [0.5, 0.6) is 0 Å². The number of hydrogen-bond acceptors (Lipinski definition) is 4. The number of nitrogens with one attached hydrogen (secondary N) is 1. The zero-order valence-corrected chi connectivity index (χ0v) is 10.4. The van der Waals surface area contributed by atoms with Crippen LogP contribution in [0, 0.1) is 0 Å². The van der Waals surface area contributed by atoms with E-state index in [0.717, 1.165) is 25.2 Å². The topological polar surface area (TPSA) is 58.3 Å². The lowest BCUT2D eigenvalue weighted by Crippen LogP contribution is -2.02. The molecule has 0 aromatic carbocycles. The molecule has 4 heteroatoms. The Morgan fingerprint density at radius 1 is 1.41 bits per heavy atom. The zero-order chi connectivity index (χ0) is 12.5. The summed E-state index contributed by atoms with van der Waals surface area (Å²) in [7, 11) is 0. The second-order valence-electron chi connectivity index (χ2n) is 4.06. The molecule has 0 bridgehead atoms. The largest absolute Gasteiger partial charge is 0.392 e. The van der Waals surface area contributed by atoms with Gasteiger partial charge in [0.15, 0.2) is 5.82 Å². The Balaban J connectivity index is 2.23. The fraction of sp³-hybridized carbons (Fsp3) is 0.462. The molecule has 0 radical (unpaired) electrons. The van der Waals surface area contributed by atoms with Crippen LogP contribution < -0.4 is 5.32 Å². The van der Waals surface area contributed by atoms with Gasteiger partial charge in [0, 0.05) is 12.6 Å². The van der Waals surface area contributed by atoms with E-state index in [1.54, 1.807) is 12.3 Å². The predicted molar refractivity (Wildman–Crippen MR) is 68.8 cm³/mol. The first kappa shape index (κ1) is 13.5. The van der Waals surface area contributed by atoms with Crippen LogP contribution in [0.25, 0.3) is 0 Å². The third-order valence-corrected chi connectivity index (χ3v) is 2.46. The van der Waals surface area contributed by atoms with E-state index in [1.807, 2.05) is 13.0 Å². The molecule has 1 heterocycles. The number of aliphatic hydroxyl groups excluding tert-OH is 1. The summed E-state index contributed by atoms with van der Waals surface area (Å²) in [5, 5.41) is 15.6. The summed E-state index contributed by atoms with van der Waals surface area (Å²) in [6.45, 7) is 5.02. The molecule has 0 fully saturated rings. The van der Waals surface area contributed by atoms with E-state index in [2.05, 4.69) is 23.5 Å². The predicted octanol–water partition coefficient (Wildman–Crippen LogP) is 2.75. The summed E-state index contributed by atoms with van der Waals surface area (Å²) in [5.74, 6) is 0.758. The van der Waals surface area contributed by atoms with E-state index in [1.165, 1.54) is 11.1 Å². The van der Waals surface area contributed by atoms with Crippen LogP contribution >= 0.6 is 0 Å². The average molecular weight is 236 g/mol. The van der Waals surface area contributed by atoms with E-state index < -0.39 is 0 Å². The highest BCUT2D eigenvalue weighted by Crippen LogP contribution is 2.07. The lowest BCUT2D eigenvalue weighted by Gasteiger charge is -2.03. The van der Waals surface area contributed by atoms with Crippen LogP contribution in [0.2, 0.25) is 0 Å². The number of nitrogens with zero attached hydrogens (tertiary/aromatic N) is 1. The maximum atomic E-state index is 8.72. The molecule has 1 rings (SSSR count). The monoisotopic (exact) mass is 236 g/mol. The van der Waals surface area contributed by atoms with Gasteiger partial charge in [-0.1, -0.05) is 28.5 Å². The Morgan fingerprint density at radius 3 is 2.88 bits per heavy atom. The number of aliphatic hydroxyl groups is 1. The molecule has 0 atom stereocenters. The molecule has 0 saturated carbocycles. The van der Waals surface area contributed by atoms with Crippen molar-refractivity contribution in [3.8, 4) is 0 Å². The lowest BCUT2D eigenvalue weighted by molar-refractivity contribution is 0.341. The van der Waals surface area contributed by atoms with Gasteiger partial charge in [-0.15, -0.1) is 0 Å². The highest BCUT2D eigenvalue weighted by Gasteiger charge is 1.95. The number of aromatic nitrogens is 1. The SMILES string of the molecule is CC(=CCO)CCC=C(C)CNc1ccon1. The quantitative estimate of drug-likeness (QED) is 0.715. The van der Waals surface area contributed by atoms with Crippen LogP contribution in [-0.4, -0.2) is 23.4 Å². The third kappa shape index (κ3) is 5.92. The molecule has 0 spiro atoms. The second kappa shape index (κ2) is 7.68. The molecule has 4 nitrogen and oxygen atoms in total. The maximum absolute atomic E-state index is 8.72. The van der Waals surface area contributed by atoms with Crippen molar-refractivity contribution in [3.05, 3.63) is 35.6 Å². The molecule has 17 heavy (non-hydrogen) atoms. The summed E-state index contributed by atoms with van der Waals surface area (Å²) in [6, 6.07) is 1.79.